The third kappa shape index (κ3) is 5.76. The number of hydrogen-bond acceptors (Lipinski definition) is 3. The maximum absolute atomic E-state index is 12.9. The lowest BCUT2D eigenvalue weighted by atomic mass is 9.84. The molecule has 6 heteroatoms. The van der Waals surface area contributed by atoms with Crippen LogP contribution in [0, 0.1) is 5.82 Å². The molecule has 0 bridgehead atoms. The van der Waals surface area contributed by atoms with Crippen molar-refractivity contribution in [2.24, 2.45) is 0 Å². The van der Waals surface area contributed by atoms with Crippen LogP contribution in [0.15, 0.2) is 48.5 Å². The van der Waals surface area contributed by atoms with E-state index in [1.54, 1.807) is 0 Å². The van der Waals surface area contributed by atoms with Crippen molar-refractivity contribution >= 4 is 29.8 Å². The number of rotatable bonds is 6. The number of nitrogens with zero attached hydrogens (tertiary/aromatic N) is 1. The first-order valence-corrected chi connectivity index (χ1v) is 9.34. The molecule has 146 valence electrons. The molecule has 3 rings (SSSR count). The Morgan fingerprint density at radius 1 is 1.07 bits per heavy atom. The monoisotopic (exact) mass is 411 g/mol. The minimum absolute atomic E-state index is 0. The lowest BCUT2D eigenvalue weighted by molar-refractivity contribution is -0.0260. The van der Waals surface area contributed by atoms with E-state index in [1.807, 2.05) is 24.3 Å². The minimum atomic E-state index is -0.801. The van der Waals surface area contributed by atoms with Crippen LogP contribution >= 0.6 is 24.0 Å². The maximum atomic E-state index is 12.9. The second kappa shape index (κ2) is 9.65. The molecule has 0 amide bonds. The average molecular weight is 412 g/mol. The van der Waals surface area contributed by atoms with Gasteiger partial charge in [0.15, 0.2) is 5.78 Å². The van der Waals surface area contributed by atoms with E-state index in [9.17, 15) is 14.3 Å². The van der Waals surface area contributed by atoms with Gasteiger partial charge in [0.25, 0.3) is 0 Å². The number of halogens is 3. The minimum Gasteiger partial charge on any atom is -0.385 e. The van der Waals surface area contributed by atoms with E-state index < -0.39 is 5.60 Å². The SMILES string of the molecule is Cl.O=C(CCCN1CCC(O)(c2ccc(Cl)cc2)CC1)c1ccc(F)cc1. The summed E-state index contributed by atoms with van der Waals surface area (Å²) in [4.78, 5) is 14.4. The van der Waals surface area contributed by atoms with Gasteiger partial charge in [-0.2, -0.15) is 0 Å². The molecule has 1 fully saturated rings. The smallest absolute Gasteiger partial charge is 0.162 e. The van der Waals surface area contributed by atoms with Crippen LogP contribution in [-0.2, 0) is 5.60 Å². The Balaban J connectivity index is 0.00000261. The zero-order chi connectivity index (χ0) is 18.6. The molecule has 0 unspecified atom stereocenters. The lowest BCUT2D eigenvalue weighted by Crippen LogP contribution is -2.42. The molecule has 0 saturated carbocycles. The van der Waals surface area contributed by atoms with Crippen LogP contribution in [0.2, 0.25) is 5.02 Å². The summed E-state index contributed by atoms with van der Waals surface area (Å²) in [5.41, 5.74) is 0.667. The van der Waals surface area contributed by atoms with E-state index in [0.717, 1.165) is 31.6 Å². The molecule has 1 aliphatic heterocycles. The van der Waals surface area contributed by atoms with Gasteiger partial charge in [-0.3, -0.25) is 4.79 Å². The zero-order valence-electron chi connectivity index (χ0n) is 15.0. The molecule has 0 aromatic heterocycles. The van der Waals surface area contributed by atoms with Gasteiger partial charge in [-0.25, -0.2) is 4.39 Å². The Kier molecular flexibility index (Phi) is 7.80. The number of ketones is 1. The first kappa shape index (κ1) is 21.8. The predicted octanol–water partition coefficient (Wildman–Crippen LogP) is 4.85. The van der Waals surface area contributed by atoms with Crippen LogP contribution in [0.4, 0.5) is 4.39 Å². The van der Waals surface area contributed by atoms with Gasteiger partial charge in [-0.15, -0.1) is 12.4 Å². The van der Waals surface area contributed by atoms with Crippen LogP contribution < -0.4 is 0 Å². The Bertz CT molecular complexity index is 742. The summed E-state index contributed by atoms with van der Waals surface area (Å²) < 4.78 is 12.9. The Morgan fingerprint density at radius 2 is 1.67 bits per heavy atom. The van der Waals surface area contributed by atoms with Gasteiger partial charge in [0.05, 0.1) is 5.60 Å². The molecule has 2 aromatic rings. The summed E-state index contributed by atoms with van der Waals surface area (Å²) in [7, 11) is 0. The Morgan fingerprint density at radius 3 is 2.26 bits per heavy atom. The molecule has 2 aromatic carbocycles. The van der Waals surface area contributed by atoms with Crippen molar-refractivity contribution in [1.29, 1.82) is 0 Å². The van der Waals surface area contributed by atoms with E-state index in [2.05, 4.69) is 4.90 Å². The summed E-state index contributed by atoms with van der Waals surface area (Å²) in [6.45, 7) is 2.41. The molecular formula is C21H24Cl2FNO2. The van der Waals surface area contributed by atoms with Gasteiger partial charge in [0.2, 0.25) is 0 Å². The zero-order valence-corrected chi connectivity index (χ0v) is 16.6. The van der Waals surface area contributed by atoms with Gasteiger partial charge in [0, 0.05) is 30.1 Å². The highest BCUT2D eigenvalue weighted by Gasteiger charge is 2.33. The van der Waals surface area contributed by atoms with Crippen molar-refractivity contribution in [3.05, 3.63) is 70.5 Å². The molecule has 0 atom stereocenters. The van der Waals surface area contributed by atoms with Crippen LogP contribution in [0.1, 0.15) is 41.6 Å². The van der Waals surface area contributed by atoms with Crippen LogP contribution in [-0.4, -0.2) is 35.4 Å². The quantitative estimate of drug-likeness (QED) is 0.690. The largest absolute Gasteiger partial charge is 0.385 e. The number of carbonyl (C=O) groups is 1. The van der Waals surface area contributed by atoms with Crippen molar-refractivity contribution in [1.82, 2.24) is 4.90 Å². The first-order chi connectivity index (χ1) is 12.5. The summed E-state index contributed by atoms with van der Waals surface area (Å²) in [5.74, 6) is -0.289. The standard InChI is InChI=1S/C21H23ClFNO2.ClH/c22-18-7-5-17(6-8-18)21(26)11-14-24(15-12-21)13-1-2-20(25)16-3-9-19(23)10-4-16;/h3-10,26H,1-2,11-15H2;1H. The molecule has 1 aliphatic rings. The second-order valence-electron chi connectivity index (χ2n) is 6.91. The number of hydrogen-bond donors (Lipinski definition) is 1. The molecular weight excluding hydrogens is 388 g/mol. The molecule has 1 saturated heterocycles. The summed E-state index contributed by atoms with van der Waals surface area (Å²) >= 11 is 5.92. The summed E-state index contributed by atoms with van der Waals surface area (Å²) in [6, 6.07) is 13.1. The number of benzene rings is 2. The molecule has 0 aliphatic carbocycles. The molecule has 0 spiro atoms. The second-order valence-corrected chi connectivity index (χ2v) is 7.35. The molecule has 3 nitrogen and oxygen atoms in total. The van der Waals surface area contributed by atoms with Crippen LogP contribution in [0.3, 0.4) is 0 Å². The van der Waals surface area contributed by atoms with Gasteiger partial charge in [-0.1, -0.05) is 23.7 Å². The molecule has 0 radical (unpaired) electrons. The number of likely N-dealkylation sites (tertiary alicyclic amines) is 1. The van der Waals surface area contributed by atoms with Crippen molar-refractivity contribution in [2.75, 3.05) is 19.6 Å². The van der Waals surface area contributed by atoms with Crippen molar-refractivity contribution in [3.8, 4) is 0 Å². The third-order valence-corrected chi connectivity index (χ3v) is 5.36. The summed E-state index contributed by atoms with van der Waals surface area (Å²) in [6.07, 6.45) is 2.54. The number of aliphatic hydroxyl groups is 1. The van der Waals surface area contributed by atoms with Crippen molar-refractivity contribution < 1.29 is 14.3 Å². The Hall–Kier alpha value is -1.46. The number of piperidine rings is 1. The highest BCUT2D eigenvalue weighted by molar-refractivity contribution is 6.30. The molecule has 1 heterocycles. The summed E-state index contributed by atoms with van der Waals surface area (Å²) in [5, 5.41) is 11.5. The lowest BCUT2D eigenvalue weighted by Gasteiger charge is -2.38. The van der Waals surface area contributed by atoms with Crippen molar-refractivity contribution in [3.63, 3.8) is 0 Å². The fourth-order valence-corrected chi connectivity index (χ4v) is 3.56. The topological polar surface area (TPSA) is 40.5 Å². The van der Waals surface area contributed by atoms with E-state index in [1.165, 1.54) is 24.3 Å². The number of Topliss-reactive ketones (excluding diaryl/α,β-unsaturated/α-hetero) is 1. The number of carbonyl (C=O) groups excluding carboxylic acids is 1. The third-order valence-electron chi connectivity index (χ3n) is 5.11. The predicted molar refractivity (Wildman–Crippen MR) is 108 cm³/mol. The van der Waals surface area contributed by atoms with Gasteiger partial charge in [-0.05, 0) is 67.8 Å². The van der Waals surface area contributed by atoms with Gasteiger partial charge in [0.1, 0.15) is 5.82 Å². The van der Waals surface area contributed by atoms with Gasteiger partial charge < -0.3 is 10.0 Å². The van der Waals surface area contributed by atoms with E-state index in [4.69, 9.17) is 11.6 Å². The van der Waals surface area contributed by atoms with E-state index >= 15 is 0 Å². The fourth-order valence-electron chi connectivity index (χ4n) is 3.44. The van der Waals surface area contributed by atoms with Gasteiger partial charge >= 0.3 is 0 Å². The highest BCUT2D eigenvalue weighted by Crippen LogP contribution is 2.33. The fraction of sp³-hybridized carbons (Fsp3) is 0.381. The van der Waals surface area contributed by atoms with Crippen LogP contribution in [0.5, 0.6) is 0 Å². The molecule has 27 heavy (non-hydrogen) atoms. The van der Waals surface area contributed by atoms with E-state index in [-0.39, 0.29) is 24.0 Å². The van der Waals surface area contributed by atoms with Crippen molar-refractivity contribution in [2.45, 2.75) is 31.3 Å². The highest BCUT2D eigenvalue weighted by atomic mass is 35.5. The normalized spacial score (nSPS) is 16.6. The Labute approximate surface area is 170 Å². The van der Waals surface area contributed by atoms with E-state index in [0.29, 0.717) is 29.8 Å². The maximum Gasteiger partial charge on any atom is 0.162 e. The van der Waals surface area contributed by atoms with Crippen LogP contribution in [0.25, 0.3) is 0 Å². The first-order valence-electron chi connectivity index (χ1n) is 8.96. The molecule has 1 N–H and O–H groups in total. The average Bonchev–Trinajstić information content (AvgIpc) is 2.64.